The lowest BCUT2D eigenvalue weighted by Crippen LogP contribution is -2.18. The fourth-order valence-corrected chi connectivity index (χ4v) is 2.27. The summed E-state index contributed by atoms with van der Waals surface area (Å²) in [5.41, 5.74) is 0. The third kappa shape index (κ3) is 4.19. The molecule has 94 valence electrons. The van der Waals surface area contributed by atoms with Crippen molar-refractivity contribution in [2.24, 2.45) is 5.92 Å². The number of hydrogen-bond acceptors (Lipinski definition) is 4. The number of ether oxygens (including phenoxy) is 1. The van der Waals surface area contributed by atoms with Gasteiger partial charge < -0.3 is 4.74 Å². The van der Waals surface area contributed by atoms with Crippen molar-refractivity contribution in [1.82, 2.24) is 0 Å². The van der Waals surface area contributed by atoms with Crippen LogP contribution in [0.5, 0.6) is 0 Å². The van der Waals surface area contributed by atoms with Gasteiger partial charge in [0.25, 0.3) is 0 Å². The first-order valence-corrected chi connectivity index (χ1v) is 7.03. The van der Waals surface area contributed by atoms with Crippen molar-refractivity contribution in [3.63, 3.8) is 0 Å². The predicted molar refractivity (Wildman–Crippen MR) is 64.3 cm³/mol. The van der Waals surface area contributed by atoms with Gasteiger partial charge in [0.15, 0.2) is 9.84 Å². The van der Waals surface area contributed by atoms with Gasteiger partial charge in [-0.05, 0) is 12.1 Å². The lowest BCUT2D eigenvalue weighted by atomic mass is 10.2. The van der Waals surface area contributed by atoms with E-state index in [0.717, 1.165) is 0 Å². The summed E-state index contributed by atoms with van der Waals surface area (Å²) >= 11 is 0. The second-order valence-electron chi connectivity index (χ2n) is 3.95. The molecule has 0 atom stereocenters. The lowest BCUT2D eigenvalue weighted by Gasteiger charge is -2.07. The Kier molecular flexibility index (Phi) is 4.69. The zero-order valence-electron chi connectivity index (χ0n) is 9.92. The fraction of sp³-hybridized carbons (Fsp3) is 0.417. The van der Waals surface area contributed by atoms with E-state index < -0.39 is 9.84 Å². The highest BCUT2D eigenvalue weighted by Gasteiger charge is 2.15. The van der Waals surface area contributed by atoms with Gasteiger partial charge in [-0.15, -0.1) is 0 Å². The molecule has 4 nitrogen and oxygen atoms in total. The minimum Gasteiger partial charge on any atom is -0.464 e. The molecule has 0 fully saturated rings. The molecule has 0 amide bonds. The molecule has 0 saturated carbocycles. The lowest BCUT2D eigenvalue weighted by molar-refractivity contribution is -0.146. The Morgan fingerprint density at radius 3 is 2.35 bits per heavy atom. The molecule has 1 aromatic rings. The number of sulfone groups is 1. The molecular formula is C12H16O4S. The summed E-state index contributed by atoms with van der Waals surface area (Å²) < 4.78 is 28.4. The standard InChI is InChI=1S/C12H16O4S/c1-10(2)12(13)16-8-9-17(14,15)11-6-4-3-5-7-11/h3-7,10H,8-9H2,1-2H3. The first-order chi connectivity index (χ1) is 7.93. The zero-order chi connectivity index (χ0) is 12.9. The van der Waals surface area contributed by atoms with Crippen LogP contribution in [0.25, 0.3) is 0 Å². The van der Waals surface area contributed by atoms with Crippen LogP contribution in [0.1, 0.15) is 13.8 Å². The molecule has 0 radical (unpaired) electrons. The van der Waals surface area contributed by atoms with Crippen LogP contribution in [-0.4, -0.2) is 26.7 Å². The van der Waals surface area contributed by atoms with Gasteiger partial charge in [0, 0.05) is 0 Å². The summed E-state index contributed by atoms with van der Waals surface area (Å²) in [6.07, 6.45) is 0. The summed E-state index contributed by atoms with van der Waals surface area (Å²) in [4.78, 5) is 11.4. The van der Waals surface area contributed by atoms with Gasteiger partial charge in [-0.3, -0.25) is 4.79 Å². The molecule has 1 aromatic carbocycles. The van der Waals surface area contributed by atoms with E-state index in [9.17, 15) is 13.2 Å². The number of carbonyl (C=O) groups excluding carboxylic acids is 1. The molecule has 5 heteroatoms. The molecule has 17 heavy (non-hydrogen) atoms. The van der Waals surface area contributed by atoms with E-state index in [4.69, 9.17) is 4.74 Å². The maximum Gasteiger partial charge on any atom is 0.308 e. The number of esters is 1. The van der Waals surface area contributed by atoms with E-state index >= 15 is 0 Å². The Bertz CT molecular complexity index is 463. The van der Waals surface area contributed by atoms with Gasteiger partial charge in [-0.25, -0.2) is 8.42 Å². The molecule has 0 unspecified atom stereocenters. The first-order valence-electron chi connectivity index (χ1n) is 5.38. The molecule has 0 aliphatic heterocycles. The quantitative estimate of drug-likeness (QED) is 0.752. The Labute approximate surface area is 102 Å². The van der Waals surface area contributed by atoms with E-state index in [1.165, 1.54) is 12.1 Å². The monoisotopic (exact) mass is 256 g/mol. The predicted octanol–water partition coefficient (Wildman–Crippen LogP) is 1.66. The van der Waals surface area contributed by atoms with Crippen molar-refractivity contribution in [2.75, 3.05) is 12.4 Å². The molecule has 0 N–H and O–H groups in total. The minimum atomic E-state index is -3.36. The van der Waals surface area contributed by atoms with Crippen LogP contribution in [0, 0.1) is 5.92 Å². The number of rotatable bonds is 5. The SMILES string of the molecule is CC(C)C(=O)OCCS(=O)(=O)c1ccccc1. The maximum absolute atomic E-state index is 11.8. The zero-order valence-corrected chi connectivity index (χ0v) is 10.7. The summed E-state index contributed by atoms with van der Waals surface area (Å²) in [7, 11) is -3.36. The molecule has 0 bridgehead atoms. The Morgan fingerprint density at radius 1 is 1.24 bits per heavy atom. The van der Waals surface area contributed by atoms with Gasteiger partial charge in [0.1, 0.15) is 6.61 Å². The summed E-state index contributed by atoms with van der Waals surface area (Å²) in [6, 6.07) is 8.12. The molecule has 0 heterocycles. The smallest absolute Gasteiger partial charge is 0.308 e. The molecule has 0 spiro atoms. The highest BCUT2D eigenvalue weighted by atomic mass is 32.2. The van der Waals surface area contributed by atoms with E-state index in [0.29, 0.717) is 0 Å². The number of carbonyl (C=O) groups is 1. The van der Waals surface area contributed by atoms with Crippen molar-refractivity contribution in [3.05, 3.63) is 30.3 Å². The Hall–Kier alpha value is -1.36. The highest BCUT2D eigenvalue weighted by Crippen LogP contribution is 2.10. The molecular weight excluding hydrogens is 240 g/mol. The molecule has 0 saturated heterocycles. The van der Waals surface area contributed by atoms with Crippen LogP contribution < -0.4 is 0 Å². The van der Waals surface area contributed by atoms with E-state index in [-0.39, 0.29) is 29.1 Å². The first kappa shape index (κ1) is 13.7. The van der Waals surface area contributed by atoms with Crippen molar-refractivity contribution in [1.29, 1.82) is 0 Å². The van der Waals surface area contributed by atoms with Crippen molar-refractivity contribution in [2.45, 2.75) is 18.7 Å². The van der Waals surface area contributed by atoms with Crippen LogP contribution in [0.15, 0.2) is 35.2 Å². The maximum atomic E-state index is 11.8. The van der Waals surface area contributed by atoms with Gasteiger partial charge in [-0.2, -0.15) is 0 Å². The van der Waals surface area contributed by atoms with Crippen LogP contribution in [-0.2, 0) is 19.4 Å². The molecule has 1 rings (SSSR count). The average Bonchev–Trinajstić information content (AvgIpc) is 2.29. The third-order valence-electron chi connectivity index (χ3n) is 2.17. The van der Waals surface area contributed by atoms with E-state index in [1.807, 2.05) is 0 Å². The summed E-state index contributed by atoms with van der Waals surface area (Å²) in [5, 5.41) is 0. The molecule has 0 aliphatic rings. The normalized spacial score (nSPS) is 11.5. The van der Waals surface area contributed by atoms with Gasteiger partial charge in [0.2, 0.25) is 0 Å². The largest absolute Gasteiger partial charge is 0.464 e. The van der Waals surface area contributed by atoms with Crippen LogP contribution in [0.2, 0.25) is 0 Å². The van der Waals surface area contributed by atoms with E-state index in [1.54, 1.807) is 32.0 Å². The minimum absolute atomic E-state index is 0.103. The van der Waals surface area contributed by atoms with Crippen LogP contribution >= 0.6 is 0 Å². The van der Waals surface area contributed by atoms with Gasteiger partial charge >= 0.3 is 5.97 Å². The van der Waals surface area contributed by atoms with Crippen LogP contribution in [0.4, 0.5) is 0 Å². The Balaban J connectivity index is 2.55. The highest BCUT2D eigenvalue weighted by molar-refractivity contribution is 7.91. The number of hydrogen-bond donors (Lipinski definition) is 0. The average molecular weight is 256 g/mol. The molecule has 0 aliphatic carbocycles. The second kappa shape index (κ2) is 5.82. The summed E-state index contributed by atoms with van der Waals surface area (Å²) in [5.74, 6) is -0.808. The van der Waals surface area contributed by atoms with Crippen molar-refractivity contribution < 1.29 is 17.9 Å². The fourth-order valence-electron chi connectivity index (χ4n) is 1.16. The number of benzene rings is 1. The van der Waals surface area contributed by atoms with Crippen LogP contribution in [0.3, 0.4) is 0 Å². The summed E-state index contributed by atoms with van der Waals surface area (Å²) in [6.45, 7) is 3.30. The van der Waals surface area contributed by atoms with Gasteiger partial charge in [-0.1, -0.05) is 32.0 Å². The van der Waals surface area contributed by atoms with Crippen molar-refractivity contribution in [3.8, 4) is 0 Å². The van der Waals surface area contributed by atoms with Gasteiger partial charge in [0.05, 0.1) is 16.6 Å². The third-order valence-corrected chi connectivity index (χ3v) is 3.86. The second-order valence-corrected chi connectivity index (χ2v) is 6.06. The molecule has 0 aromatic heterocycles. The van der Waals surface area contributed by atoms with E-state index in [2.05, 4.69) is 0 Å². The Morgan fingerprint density at radius 2 is 1.82 bits per heavy atom. The van der Waals surface area contributed by atoms with Crippen molar-refractivity contribution >= 4 is 15.8 Å². The topological polar surface area (TPSA) is 60.4 Å².